The average molecular weight is 437 g/mol. The van der Waals surface area contributed by atoms with Gasteiger partial charge in [-0.25, -0.2) is 0 Å². The summed E-state index contributed by atoms with van der Waals surface area (Å²) in [5.74, 6) is 0.400. The van der Waals surface area contributed by atoms with E-state index in [9.17, 15) is 13.2 Å². The third-order valence-corrected chi connectivity index (χ3v) is 6.66. The minimum absolute atomic E-state index is 0.0698. The number of aromatic nitrogens is 1. The number of sulfonamides is 1. The van der Waals surface area contributed by atoms with E-state index < -0.39 is 16.0 Å². The van der Waals surface area contributed by atoms with Gasteiger partial charge in [-0.1, -0.05) is 29.0 Å². The Morgan fingerprint density at radius 1 is 1.07 bits per heavy atom. The number of carbonyl (C=O) groups is 1. The van der Waals surface area contributed by atoms with Crippen LogP contribution in [0, 0.1) is 6.92 Å². The number of thiazole rings is 1. The van der Waals surface area contributed by atoms with Crippen molar-refractivity contribution in [3.8, 4) is 11.5 Å². The summed E-state index contributed by atoms with van der Waals surface area (Å²) >= 11 is 1.12. The Kier molecular flexibility index (Phi) is 5.94. The standard InChI is InChI=1S/C19H20N2O6S2/c1-12-5-7-13(8-6-12)29(23,24)20-19-21(11-18(22)27-4)14-9-15(25-2)16(26-3)10-17(14)28-19/h5-10H,11H2,1-4H3. The quantitative estimate of drug-likeness (QED) is 0.551. The number of ether oxygens (including phenoxy) is 3. The lowest BCUT2D eigenvalue weighted by Crippen LogP contribution is -2.22. The number of fused-ring (bicyclic) bond motifs is 1. The molecule has 29 heavy (non-hydrogen) atoms. The van der Waals surface area contributed by atoms with Crippen LogP contribution in [0.3, 0.4) is 0 Å². The lowest BCUT2D eigenvalue weighted by Gasteiger charge is -2.09. The summed E-state index contributed by atoms with van der Waals surface area (Å²) in [6.07, 6.45) is 0. The average Bonchev–Trinajstić information content (AvgIpc) is 3.02. The zero-order valence-corrected chi connectivity index (χ0v) is 18.0. The highest BCUT2D eigenvalue weighted by Crippen LogP contribution is 2.33. The molecule has 8 nitrogen and oxygen atoms in total. The summed E-state index contributed by atoms with van der Waals surface area (Å²) in [5, 5.41) is 0. The number of benzene rings is 2. The maximum atomic E-state index is 12.8. The third kappa shape index (κ3) is 4.28. The second kappa shape index (κ2) is 8.26. The molecule has 0 spiro atoms. The number of methoxy groups -OCH3 is 3. The largest absolute Gasteiger partial charge is 0.493 e. The molecule has 0 aliphatic rings. The minimum atomic E-state index is -3.97. The Balaban J connectivity index is 2.27. The number of hydrogen-bond donors (Lipinski definition) is 0. The number of aryl methyl sites for hydroxylation is 1. The van der Waals surface area contributed by atoms with Crippen LogP contribution in [0.15, 0.2) is 45.7 Å². The van der Waals surface area contributed by atoms with Crippen molar-refractivity contribution in [1.29, 1.82) is 0 Å². The molecule has 0 aliphatic carbocycles. The van der Waals surface area contributed by atoms with Crippen molar-refractivity contribution in [1.82, 2.24) is 4.57 Å². The molecule has 10 heteroatoms. The van der Waals surface area contributed by atoms with Gasteiger partial charge in [0.25, 0.3) is 10.0 Å². The van der Waals surface area contributed by atoms with Gasteiger partial charge < -0.3 is 18.8 Å². The molecular formula is C19H20N2O6S2. The second-order valence-electron chi connectivity index (χ2n) is 6.10. The van der Waals surface area contributed by atoms with E-state index in [1.54, 1.807) is 24.3 Å². The van der Waals surface area contributed by atoms with E-state index >= 15 is 0 Å². The van der Waals surface area contributed by atoms with Crippen molar-refractivity contribution in [2.24, 2.45) is 4.40 Å². The molecule has 2 aromatic carbocycles. The van der Waals surface area contributed by atoms with Crippen molar-refractivity contribution in [3.63, 3.8) is 0 Å². The van der Waals surface area contributed by atoms with E-state index in [1.807, 2.05) is 6.92 Å². The first-order valence-corrected chi connectivity index (χ1v) is 10.7. The van der Waals surface area contributed by atoms with Crippen LogP contribution in [0.2, 0.25) is 0 Å². The molecule has 0 aliphatic heterocycles. The van der Waals surface area contributed by atoms with Crippen LogP contribution in [-0.4, -0.2) is 40.3 Å². The summed E-state index contributed by atoms with van der Waals surface area (Å²) in [5.41, 5.74) is 1.52. The lowest BCUT2D eigenvalue weighted by molar-refractivity contribution is -0.141. The fourth-order valence-electron chi connectivity index (χ4n) is 2.68. The van der Waals surface area contributed by atoms with Crippen LogP contribution >= 0.6 is 11.3 Å². The molecule has 3 aromatic rings. The summed E-state index contributed by atoms with van der Waals surface area (Å²) < 4.78 is 47.2. The molecule has 3 rings (SSSR count). The lowest BCUT2D eigenvalue weighted by atomic mass is 10.2. The SMILES string of the molecule is COC(=O)Cn1c(=NS(=O)(=O)c2ccc(C)cc2)sc2cc(OC)c(OC)cc21. The summed E-state index contributed by atoms with van der Waals surface area (Å²) in [6, 6.07) is 9.78. The van der Waals surface area contributed by atoms with Gasteiger partial charge in [0.1, 0.15) is 6.54 Å². The Bertz CT molecular complexity index is 1220. The molecule has 0 saturated heterocycles. The Hall–Kier alpha value is -2.85. The molecule has 0 radical (unpaired) electrons. The minimum Gasteiger partial charge on any atom is -0.493 e. The Labute approximate surface area is 172 Å². The molecule has 0 fully saturated rings. The number of rotatable bonds is 6. The van der Waals surface area contributed by atoms with Crippen LogP contribution < -0.4 is 14.3 Å². The predicted molar refractivity (Wildman–Crippen MR) is 109 cm³/mol. The van der Waals surface area contributed by atoms with Crippen LogP contribution in [0.1, 0.15) is 5.56 Å². The van der Waals surface area contributed by atoms with Crippen molar-refractivity contribution in [2.45, 2.75) is 18.4 Å². The van der Waals surface area contributed by atoms with Crippen LogP contribution in [0.5, 0.6) is 11.5 Å². The Morgan fingerprint density at radius 3 is 2.28 bits per heavy atom. The van der Waals surface area contributed by atoms with Crippen LogP contribution in [0.25, 0.3) is 10.2 Å². The highest BCUT2D eigenvalue weighted by Gasteiger charge is 2.18. The van der Waals surface area contributed by atoms with Gasteiger partial charge in [-0.15, -0.1) is 4.40 Å². The summed E-state index contributed by atoms with van der Waals surface area (Å²) in [7, 11) is 0.291. The van der Waals surface area contributed by atoms with Gasteiger partial charge in [0, 0.05) is 12.1 Å². The third-order valence-electron chi connectivity index (χ3n) is 4.22. The predicted octanol–water partition coefficient (Wildman–Crippen LogP) is 2.49. The summed E-state index contributed by atoms with van der Waals surface area (Å²) in [4.78, 5) is 12.2. The molecule has 0 atom stereocenters. The van der Waals surface area contributed by atoms with Crippen LogP contribution in [-0.2, 0) is 26.1 Å². The molecule has 1 heterocycles. The van der Waals surface area contributed by atoms with E-state index in [4.69, 9.17) is 14.2 Å². The first kappa shape index (κ1) is 20.9. The Morgan fingerprint density at radius 2 is 1.69 bits per heavy atom. The highest BCUT2D eigenvalue weighted by molar-refractivity contribution is 7.90. The van der Waals surface area contributed by atoms with Crippen molar-refractivity contribution in [2.75, 3.05) is 21.3 Å². The first-order valence-electron chi connectivity index (χ1n) is 8.49. The maximum Gasteiger partial charge on any atom is 0.325 e. The molecule has 0 N–H and O–H groups in total. The zero-order chi connectivity index (χ0) is 21.2. The van der Waals surface area contributed by atoms with E-state index in [1.165, 1.54) is 38.0 Å². The fraction of sp³-hybridized carbons (Fsp3) is 0.263. The van der Waals surface area contributed by atoms with Crippen molar-refractivity contribution >= 4 is 37.5 Å². The topological polar surface area (TPSA) is 96.2 Å². The maximum absolute atomic E-state index is 12.8. The molecule has 0 amide bonds. The molecule has 154 valence electrons. The molecule has 1 aromatic heterocycles. The zero-order valence-electron chi connectivity index (χ0n) is 16.3. The summed E-state index contributed by atoms with van der Waals surface area (Å²) in [6.45, 7) is 1.67. The molecule has 0 saturated carbocycles. The van der Waals surface area contributed by atoms with Gasteiger partial charge in [-0.05, 0) is 19.1 Å². The van der Waals surface area contributed by atoms with Crippen molar-refractivity contribution in [3.05, 3.63) is 46.8 Å². The normalized spacial score (nSPS) is 12.2. The monoisotopic (exact) mass is 436 g/mol. The van der Waals surface area contributed by atoms with E-state index in [-0.39, 0.29) is 16.2 Å². The van der Waals surface area contributed by atoms with Crippen molar-refractivity contribution < 1.29 is 27.4 Å². The number of nitrogens with zero attached hydrogens (tertiary/aromatic N) is 2. The smallest absolute Gasteiger partial charge is 0.325 e. The van der Waals surface area contributed by atoms with Gasteiger partial charge in [0.2, 0.25) is 4.80 Å². The fourth-order valence-corrected chi connectivity index (χ4v) is 4.92. The number of esters is 1. The first-order chi connectivity index (χ1) is 13.8. The highest BCUT2D eigenvalue weighted by atomic mass is 32.2. The second-order valence-corrected chi connectivity index (χ2v) is 8.71. The van der Waals surface area contributed by atoms with E-state index in [2.05, 4.69) is 4.40 Å². The van der Waals surface area contributed by atoms with E-state index in [0.717, 1.165) is 16.9 Å². The molecule has 0 unspecified atom stereocenters. The van der Waals surface area contributed by atoms with Gasteiger partial charge in [-0.3, -0.25) is 4.79 Å². The number of hydrogen-bond acceptors (Lipinski definition) is 7. The van der Waals surface area contributed by atoms with Gasteiger partial charge >= 0.3 is 5.97 Å². The van der Waals surface area contributed by atoms with Gasteiger partial charge in [-0.2, -0.15) is 8.42 Å². The van der Waals surface area contributed by atoms with E-state index in [0.29, 0.717) is 21.7 Å². The number of carbonyl (C=O) groups excluding carboxylic acids is 1. The van der Waals surface area contributed by atoms with Gasteiger partial charge in [0.05, 0.1) is 36.4 Å². The van der Waals surface area contributed by atoms with Crippen LogP contribution in [0.4, 0.5) is 0 Å². The van der Waals surface area contributed by atoms with Gasteiger partial charge in [0.15, 0.2) is 11.5 Å². The molecule has 0 bridgehead atoms. The molecular weight excluding hydrogens is 416 g/mol.